The van der Waals surface area contributed by atoms with Gasteiger partial charge in [-0.3, -0.25) is 43.2 Å². The molecule has 0 bridgehead atoms. The van der Waals surface area contributed by atoms with Crippen molar-refractivity contribution in [2.75, 3.05) is 74.9 Å². The number of nitrogens with zero attached hydrogens (tertiary/aromatic N) is 1. The molecular formula is C70H104N10O13S5. The van der Waals surface area contributed by atoms with Crippen molar-refractivity contribution in [1.82, 2.24) is 52.8 Å². The van der Waals surface area contributed by atoms with Gasteiger partial charge in [0, 0.05) is 70.1 Å². The number of carbonyl (C=O) groups excluding carboxylic acids is 11. The van der Waals surface area contributed by atoms with E-state index in [0.717, 1.165) is 49.0 Å². The van der Waals surface area contributed by atoms with Crippen LogP contribution in [0.25, 0.3) is 0 Å². The Kier molecular flexibility index (Phi) is 37.0. The zero-order chi connectivity index (χ0) is 71.6. The van der Waals surface area contributed by atoms with Crippen LogP contribution in [0.3, 0.4) is 0 Å². The SMILES string of the molecule is COC(=O)[C@H](CSC/C=C(\C)CC/C=C(\C)COc1ccc(C(=O)c2ccccc2)cc1)NC(=O)[C@@H]1CCCN1C(=O)[C@H](CC(C)C)NC(=O)CNC(=O)[C@H](CCSC)NC(=O)[C@H](CSSC(C)(C)C)NC(=O)CNC(=O)CCCCCNC(=O)CCCC[C@H]1SC[C@@H]2NC(=O)N[C@@H]21. The highest BCUT2D eigenvalue weighted by Gasteiger charge is 2.43. The van der Waals surface area contributed by atoms with E-state index in [1.165, 1.54) is 57.1 Å². The molecule has 0 radical (unpaired) electrons. The van der Waals surface area contributed by atoms with E-state index in [1.807, 2.05) is 84.7 Å². The third-order valence-electron chi connectivity index (χ3n) is 16.3. The molecule has 542 valence electrons. The van der Waals surface area contributed by atoms with Crippen molar-refractivity contribution in [3.8, 4) is 5.75 Å². The van der Waals surface area contributed by atoms with Gasteiger partial charge in [0.05, 0.1) is 32.3 Å². The van der Waals surface area contributed by atoms with Crippen molar-refractivity contribution in [1.29, 1.82) is 0 Å². The molecule has 3 aliphatic heterocycles. The average Bonchev–Trinajstić information content (AvgIpc) is 1.65. The van der Waals surface area contributed by atoms with Crippen LogP contribution in [0, 0.1) is 5.92 Å². The number of thioether (sulfide) groups is 3. The average molecular weight is 1450 g/mol. The zero-order valence-corrected chi connectivity index (χ0v) is 62.4. The maximum Gasteiger partial charge on any atom is 0.329 e. The predicted octanol–water partition coefficient (Wildman–Crippen LogP) is 7.42. The van der Waals surface area contributed by atoms with E-state index in [1.54, 1.807) is 36.4 Å². The normalized spacial score (nSPS) is 18.0. The number of allylic oxidation sites excluding steroid dienone is 2. The molecule has 0 aliphatic carbocycles. The Hall–Kier alpha value is -6.36. The first-order valence-electron chi connectivity index (χ1n) is 33.9. The van der Waals surface area contributed by atoms with Crippen molar-refractivity contribution in [2.24, 2.45) is 5.92 Å². The van der Waals surface area contributed by atoms with Crippen molar-refractivity contribution in [2.45, 2.75) is 191 Å². The van der Waals surface area contributed by atoms with Gasteiger partial charge in [0.1, 0.15) is 42.6 Å². The first kappa shape index (κ1) is 82.3. The Morgan fingerprint density at radius 1 is 0.724 bits per heavy atom. The zero-order valence-electron chi connectivity index (χ0n) is 58.3. The van der Waals surface area contributed by atoms with Gasteiger partial charge in [-0.2, -0.15) is 35.3 Å². The van der Waals surface area contributed by atoms with E-state index in [2.05, 4.69) is 60.0 Å². The van der Waals surface area contributed by atoms with Crippen LogP contribution in [0.1, 0.15) is 154 Å². The molecule has 3 saturated heterocycles. The quantitative estimate of drug-likeness (QED) is 0.00778. The van der Waals surface area contributed by atoms with Gasteiger partial charge >= 0.3 is 12.0 Å². The smallest absolute Gasteiger partial charge is 0.329 e. The molecule has 98 heavy (non-hydrogen) atoms. The second-order valence-electron chi connectivity index (χ2n) is 26.2. The monoisotopic (exact) mass is 1450 g/mol. The minimum atomic E-state index is -1.11. The number of hydrogen-bond donors (Lipinski definition) is 9. The summed E-state index contributed by atoms with van der Waals surface area (Å²) in [4.78, 5) is 147. The van der Waals surface area contributed by atoms with E-state index < -0.39 is 78.2 Å². The number of esters is 1. The second-order valence-corrected chi connectivity index (χ2v) is 32.7. The molecule has 0 aromatic heterocycles. The third kappa shape index (κ3) is 30.6. The largest absolute Gasteiger partial charge is 0.489 e. The van der Waals surface area contributed by atoms with Gasteiger partial charge in [0.15, 0.2) is 5.78 Å². The van der Waals surface area contributed by atoms with Crippen LogP contribution in [0.5, 0.6) is 5.75 Å². The van der Waals surface area contributed by atoms with Gasteiger partial charge in [-0.1, -0.05) is 117 Å². The molecule has 0 unspecified atom stereocenters. The van der Waals surface area contributed by atoms with E-state index in [0.29, 0.717) is 85.3 Å². The summed E-state index contributed by atoms with van der Waals surface area (Å²) in [6.45, 7) is 14.1. The Labute approximate surface area is 599 Å². The van der Waals surface area contributed by atoms with E-state index >= 15 is 0 Å². The number of nitrogens with one attached hydrogen (secondary N) is 9. The molecule has 3 heterocycles. The Balaban J connectivity index is 1.03. The molecule has 0 spiro atoms. The number of rotatable bonds is 44. The van der Waals surface area contributed by atoms with Crippen LogP contribution in [0.4, 0.5) is 4.79 Å². The highest BCUT2D eigenvalue weighted by atomic mass is 33.1. The fraction of sp³-hybridized carbons (Fsp3) is 0.614. The maximum absolute atomic E-state index is 14.4. The summed E-state index contributed by atoms with van der Waals surface area (Å²) in [5.41, 5.74) is 3.43. The summed E-state index contributed by atoms with van der Waals surface area (Å²) in [6.07, 6.45) is 14.0. The van der Waals surface area contributed by atoms with Gasteiger partial charge in [-0.05, 0) is 126 Å². The van der Waals surface area contributed by atoms with Gasteiger partial charge < -0.3 is 62.2 Å². The Morgan fingerprint density at radius 2 is 1.41 bits per heavy atom. The molecular weight excluding hydrogens is 1350 g/mol. The lowest BCUT2D eigenvalue weighted by Crippen LogP contribution is -2.57. The van der Waals surface area contributed by atoms with Gasteiger partial charge in [-0.15, -0.1) is 0 Å². The van der Waals surface area contributed by atoms with E-state index in [-0.39, 0.29) is 90.2 Å². The fourth-order valence-electron chi connectivity index (χ4n) is 11.0. The minimum absolute atomic E-state index is 0.0169. The number of ether oxygens (including phenoxy) is 2. The van der Waals surface area contributed by atoms with E-state index in [4.69, 9.17) is 9.47 Å². The van der Waals surface area contributed by atoms with Crippen LogP contribution in [0.15, 0.2) is 77.9 Å². The number of fused-ring (bicyclic) bond motifs is 1. The number of benzene rings is 2. The second kappa shape index (κ2) is 44.0. The number of urea groups is 1. The molecule has 28 heteroatoms. The van der Waals surface area contributed by atoms with Gasteiger partial charge in [0.25, 0.3) is 0 Å². The summed E-state index contributed by atoms with van der Waals surface area (Å²) in [7, 11) is 4.13. The summed E-state index contributed by atoms with van der Waals surface area (Å²) in [6, 6.07) is 11.3. The topological polar surface area (TPSA) is 318 Å². The number of methoxy groups -OCH3 is 1. The standard InChI is InChI=1S/C70H104N10O13S5/c1-45(2)38-52(67(89)80-35-19-24-56(80)66(88)77-55(68(90)92-8)42-95-37-32-46(3)20-18-21-47(4)41-93-50-30-28-49(29-31-50)63(85)48-22-12-10-13-23-48)74-61(84)40-73-64(86)51(33-36-94-9)76-65(87)54(44-97-98-70(5,6)7)75-60(83)39-72-59(82)26-14-11-17-34-71-58(81)27-16-15-25-57-62-53(43-96-57)78-69(91)79-62/h10,12-13,21-23,28-32,45,51-57,62H,11,14-20,24-27,33-44H2,1-9H3,(H,71,81)(H,72,82)(H,73,86)(H,74,84)(H,75,83)(H,76,87)(H,77,88)(H2,78,79,91)/b46-32+,47-21+/t51-,52-,53-,54-,55-,56-,57+,62-/m0/s1. The van der Waals surface area contributed by atoms with Crippen molar-refractivity contribution >= 4 is 122 Å². The minimum Gasteiger partial charge on any atom is -0.489 e. The van der Waals surface area contributed by atoms with Crippen molar-refractivity contribution in [3.05, 3.63) is 89.0 Å². The number of likely N-dealkylation sites (tertiary alicyclic amines) is 1. The molecule has 2 aromatic carbocycles. The molecule has 3 fully saturated rings. The number of hydrogen-bond acceptors (Lipinski definition) is 18. The van der Waals surface area contributed by atoms with Crippen molar-refractivity contribution < 1.29 is 62.2 Å². The maximum atomic E-state index is 14.4. The number of amides is 10. The van der Waals surface area contributed by atoms with E-state index in [9.17, 15) is 52.7 Å². The molecule has 3 aliphatic rings. The first-order chi connectivity index (χ1) is 46.8. The highest BCUT2D eigenvalue weighted by molar-refractivity contribution is 8.77. The summed E-state index contributed by atoms with van der Waals surface area (Å²) >= 11 is 4.76. The van der Waals surface area contributed by atoms with Crippen LogP contribution >= 0.6 is 56.9 Å². The molecule has 23 nitrogen and oxygen atoms in total. The number of unbranched alkanes of at least 4 members (excludes halogenated alkanes) is 3. The van der Waals surface area contributed by atoms with Gasteiger partial charge in [0.2, 0.25) is 47.3 Å². The summed E-state index contributed by atoms with van der Waals surface area (Å²) in [5, 5.41) is 25.6. The predicted molar refractivity (Wildman–Crippen MR) is 394 cm³/mol. The molecule has 9 N–H and O–H groups in total. The molecule has 8 atom stereocenters. The molecule has 0 saturated carbocycles. The van der Waals surface area contributed by atoms with Gasteiger partial charge in [-0.25, -0.2) is 9.59 Å². The molecule has 10 amide bonds. The Morgan fingerprint density at radius 3 is 2.10 bits per heavy atom. The Bertz CT molecular complexity index is 3030. The van der Waals surface area contributed by atoms with Crippen LogP contribution < -0.4 is 52.6 Å². The van der Waals surface area contributed by atoms with Crippen LogP contribution in [-0.2, 0) is 47.9 Å². The fourth-order valence-corrected chi connectivity index (χ4v) is 16.5. The molecule has 5 rings (SSSR count). The summed E-state index contributed by atoms with van der Waals surface area (Å²) < 4.78 is 10.8. The van der Waals surface area contributed by atoms with Crippen LogP contribution in [0.2, 0.25) is 0 Å². The summed E-state index contributed by atoms with van der Waals surface area (Å²) in [5.74, 6) is -1.70. The van der Waals surface area contributed by atoms with Crippen molar-refractivity contribution in [3.63, 3.8) is 0 Å². The lowest BCUT2D eigenvalue weighted by molar-refractivity contribution is -0.146. The molecule has 2 aromatic rings. The lowest BCUT2D eigenvalue weighted by Gasteiger charge is -2.30. The number of ketones is 1. The first-order valence-corrected chi connectivity index (χ1v) is 39.8. The number of carbonyl (C=O) groups is 11. The lowest BCUT2D eigenvalue weighted by atomic mass is 10.0. The third-order valence-corrected chi connectivity index (χ3v) is 22.7. The van der Waals surface area contributed by atoms with Crippen LogP contribution in [-0.4, -0.2) is 197 Å². The highest BCUT2D eigenvalue weighted by Crippen LogP contribution is 2.36.